The van der Waals surface area contributed by atoms with Gasteiger partial charge in [0.2, 0.25) is 0 Å². The summed E-state index contributed by atoms with van der Waals surface area (Å²) in [6, 6.07) is 13.0. The highest BCUT2D eigenvalue weighted by molar-refractivity contribution is 9.10. The van der Waals surface area contributed by atoms with Crippen LogP contribution in [0, 0.1) is 0 Å². The van der Waals surface area contributed by atoms with Crippen LogP contribution in [0.3, 0.4) is 0 Å². The van der Waals surface area contributed by atoms with E-state index in [2.05, 4.69) is 21.2 Å². The standard InChI is InChI=1S/C16H15BrClNO2/c1-2-21-16(20)12-5-3-4-6-15(12)19-10-11-7-8-13(17)14(18)9-11/h3-9,19H,2,10H2,1H3. The van der Waals surface area contributed by atoms with Crippen LogP contribution in [0.15, 0.2) is 46.9 Å². The summed E-state index contributed by atoms with van der Waals surface area (Å²) < 4.78 is 5.91. The lowest BCUT2D eigenvalue weighted by molar-refractivity contribution is 0.0527. The second-order valence-electron chi connectivity index (χ2n) is 4.37. The summed E-state index contributed by atoms with van der Waals surface area (Å²) in [5.41, 5.74) is 2.31. The minimum Gasteiger partial charge on any atom is -0.462 e. The molecule has 0 aliphatic rings. The van der Waals surface area contributed by atoms with Gasteiger partial charge < -0.3 is 10.1 Å². The van der Waals surface area contributed by atoms with E-state index < -0.39 is 0 Å². The lowest BCUT2D eigenvalue weighted by Crippen LogP contribution is -2.09. The number of benzene rings is 2. The van der Waals surface area contributed by atoms with Crippen molar-refractivity contribution in [3.05, 3.63) is 63.1 Å². The molecule has 0 amide bonds. The second kappa shape index (κ2) is 7.48. The third kappa shape index (κ3) is 4.22. The molecule has 21 heavy (non-hydrogen) atoms. The smallest absolute Gasteiger partial charge is 0.340 e. The van der Waals surface area contributed by atoms with E-state index in [1.54, 1.807) is 13.0 Å². The van der Waals surface area contributed by atoms with Crippen LogP contribution in [0.2, 0.25) is 5.02 Å². The molecule has 0 saturated heterocycles. The Kier molecular flexibility index (Phi) is 5.65. The normalized spacial score (nSPS) is 10.2. The van der Waals surface area contributed by atoms with E-state index in [-0.39, 0.29) is 5.97 Å². The van der Waals surface area contributed by atoms with Crippen molar-refractivity contribution in [2.45, 2.75) is 13.5 Å². The number of halogens is 2. The number of para-hydroxylation sites is 1. The Morgan fingerprint density at radius 3 is 2.76 bits per heavy atom. The molecule has 0 spiro atoms. The molecule has 2 rings (SSSR count). The number of hydrogen-bond acceptors (Lipinski definition) is 3. The van der Waals surface area contributed by atoms with Crippen molar-refractivity contribution in [1.29, 1.82) is 0 Å². The number of carbonyl (C=O) groups is 1. The number of carbonyl (C=O) groups excluding carboxylic acids is 1. The molecule has 0 heterocycles. The molecule has 110 valence electrons. The van der Waals surface area contributed by atoms with Gasteiger partial charge in [0.15, 0.2) is 0 Å². The molecule has 0 bridgehead atoms. The molecule has 2 aromatic carbocycles. The van der Waals surface area contributed by atoms with E-state index in [1.807, 2.05) is 36.4 Å². The molecule has 0 unspecified atom stereocenters. The first kappa shape index (κ1) is 15.9. The number of hydrogen-bond donors (Lipinski definition) is 1. The van der Waals surface area contributed by atoms with Crippen molar-refractivity contribution >= 4 is 39.2 Å². The van der Waals surface area contributed by atoms with Crippen LogP contribution in [-0.2, 0) is 11.3 Å². The first-order chi connectivity index (χ1) is 10.1. The molecule has 0 aliphatic carbocycles. The summed E-state index contributed by atoms with van der Waals surface area (Å²) in [7, 11) is 0. The van der Waals surface area contributed by atoms with Crippen molar-refractivity contribution in [2.24, 2.45) is 0 Å². The number of anilines is 1. The largest absolute Gasteiger partial charge is 0.462 e. The van der Waals surface area contributed by atoms with Gasteiger partial charge in [0.1, 0.15) is 0 Å². The maximum absolute atomic E-state index is 11.9. The third-order valence-corrected chi connectivity index (χ3v) is 4.12. The Hall–Kier alpha value is -1.52. The fourth-order valence-electron chi connectivity index (χ4n) is 1.87. The van der Waals surface area contributed by atoms with E-state index in [1.165, 1.54) is 0 Å². The lowest BCUT2D eigenvalue weighted by atomic mass is 10.1. The lowest BCUT2D eigenvalue weighted by Gasteiger charge is -2.11. The van der Waals surface area contributed by atoms with Crippen molar-refractivity contribution < 1.29 is 9.53 Å². The van der Waals surface area contributed by atoms with Crippen molar-refractivity contribution in [2.75, 3.05) is 11.9 Å². The zero-order chi connectivity index (χ0) is 15.2. The molecule has 2 aromatic rings. The molecule has 0 radical (unpaired) electrons. The first-order valence-corrected chi connectivity index (χ1v) is 7.73. The Morgan fingerprint density at radius 2 is 2.05 bits per heavy atom. The summed E-state index contributed by atoms with van der Waals surface area (Å²) >= 11 is 9.43. The van der Waals surface area contributed by atoms with Crippen molar-refractivity contribution in [1.82, 2.24) is 0 Å². The van der Waals surface area contributed by atoms with Crippen LogP contribution in [0.1, 0.15) is 22.8 Å². The summed E-state index contributed by atoms with van der Waals surface area (Å²) in [4.78, 5) is 11.9. The van der Waals surface area contributed by atoms with Gasteiger partial charge >= 0.3 is 5.97 Å². The molecular weight excluding hydrogens is 354 g/mol. The predicted octanol–water partition coefficient (Wildman–Crippen LogP) is 4.89. The number of nitrogens with one attached hydrogen (secondary N) is 1. The zero-order valence-electron chi connectivity index (χ0n) is 11.5. The van der Waals surface area contributed by atoms with Gasteiger partial charge in [-0.2, -0.15) is 0 Å². The van der Waals surface area contributed by atoms with Gasteiger partial charge in [-0.15, -0.1) is 0 Å². The monoisotopic (exact) mass is 367 g/mol. The third-order valence-electron chi connectivity index (χ3n) is 2.89. The Balaban J connectivity index is 2.12. The molecule has 5 heteroatoms. The minimum atomic E-state index is -0.325. The van der Waals surface area contributed by atoms with E-state index >= 15 is 0 Å². The van der Waals surface area contributed by atoms with Crippen LogP contribution in [0.4, 0.5) is 5.69 Å². The SMILES string of the molecule is CCOC(=O)c1ccccc1NCc1ccc(Br)c(Cl)c1. The van der Waals surface area contributed by atoms with E-state index in [0.717, 1.165) is 15.7 Å². The van der Waals surface area contributed by atoms with E-state index in [4.69, 9.17) is 16.3 Å². The fraction of sp³-hybridized carbons (Fsp3) is 0.188. The topological polar surface area (TPSA) is 38.3 Å². The summed E-state index contributed by atoms with van der Waals surface area (Å²) in [5, 5.41) is 3.90. The molecule has 0 aromatic heterocycles. The maximum Gasteiger partial charge on any atom is 0.340 e. The summed E-state index contributed by atoms with van der Waals surface area (Å²) in [6.45, 7) is 2.72. The number of esters is 1. The highest BCUT2D eigenvalue weighted by atomic mass is 79.9. The molecular formula is C16H15BrClNO2. The molecule has 0 aliphatic heterocycles. The van der Waals surface area contributed by atoms with E-state index in [0.29, 0.717) is 23.7 Å². The molecule has 0 atom stereocenters. The van der Waals surface area contributed by atoms with Gasteiger partial charge in [0, 0.05) is 16.7 Å². The quantitative estimate of drug-likeness (QED) is 0.764. The van der Waals surface area contributed by atoms with Crippen molar-refractivity contribution in [3.63, 3.8) is 0 Å². The maximum atomic E-state index is 11.9. The van der Waals surface area contributed by atoms with Gasteiger partial charge in [-0.25, -0.2) is 4.79 Å². The van der Waals surface area contributed by atoms with E-state index in [9.17, 15) is 4.79 Å². The first-order valence-electron chi connectivity index (χ1n) is 6.55. The van der Waals surface area contributed by atoms with Crippen LogP contribution in [0.25, 0.3) is 0 Å². The van der Waals surface area contributed by atoms with Gasteiger partial charge in [-0.1, -0.05) is 29.8 Å². The number of ether oxygens (including phenoxy) is 1. The van der Waals surface area contributed by atoms with Gasteiger partial charge in [-0.3, -0.25) is 0 Å². The Labute approximate surface area is 137 Å². The van der Waals surface area contributed by atoms with Gasteiger partial charge in [0.25, 0.3) is 0 Å². The second-order valence-corrected chi connectivity index (χ2v) is 5.63. The van der Waals surface area contributed by atoms with Crippen LogP contribution in [-0.4, -0.2) is 12.6 Å². The average Bonchev–Trinajstić information content (AvgIpc) is 2.49. The molecule has 3 nitrogen and oxygen atoms in total. The summed E-state index contributed by atoms with van der Waals surface area (Å²) in [6.07, 6.45) is 0. The van der Waals surface area contributed by atoms with Crippen molar-refractivity contribution in [3.8, 4) is 0 Å². The van der Waals surface area contributed by atoms with Gasteiger partial charge in [0.05, 0.1) is 17.2 Å². The average molecular weight is 369 g/mol. The molecule has 0 fully saturated rings. The fourth-order valence-corrected chi connectivity index (χ4v) is 2.32. The Bertz CT molecular complexity index is 646. The highest BCUT2D eigenvalue weighted by Gasteiger charge is 2.11. The van der Waals surface area contributed by atoms with Gasteiger partial charge in [-0.05, 0) is 52.7 Å². The molecule has 0 saturated carbocycles. The highest BCUT2D eigenvalue weighted by Crippen LogP contribution is 2.24. The predicted molar refractivity (Wildman–Crippen MR) is 88.9 cm³/mol. The molecule has 1 N–H and O–H groups in total. The summed E-state index contributed by atoms with van der Waals surface area (Å²) in [5.74, 6) is -0.325. The number of rotatable bonds is 5. The zero-order valence-corrected chi connectivity index (χ0v) is 13.9. The van der Waals surface area contributed by atoms with Crippen LogP contribution in [0.5, 0.6) is 0 Å². The minimum absolute atomic E-state index is 0.325. The Morgan fingerprint density at radius 1 is 1.29 bits per heavy atom. The van der Waals surface area contributed by atoms with Crippen LogP contribution < -0.4 is 5.32 Å². The van der Waals surface area contributed by atoms with Crippen LogP contribution >= 0.6 is 27.5 Å².